The van der Waals surface area contributed by atoms with Crippen LogP contribution >= 0.6 is 0 Å². The Morgan fingerprint density at radius 3 is 2.48 bits per heavy atom. The molecule has 0 saturated carbocycles. The van der Waals surface area contributed by atoms with Gasteiger partial charge in [0.1, 0.15) is 0 Å². The summed E-state index contributed by atoms with van der Waals surface area (Å²) in [7, 11) is 0. The number of amides is 1. The number of anilines is 1. The maximum atomic E-state index is 12.6. The Labute approximate surface area is 162 Å². The van der Waals surface area contributed by atoms with Crippen LogP contribution in [0, 0.1) is 0 Å². The van der Waals surface area contributed by atoms with Crippen LogP contribution < -0.4 is 10.2 Å². The van der Waals surface area contributed by atoms with Gasteiger partial charge in [-0.25, -0.2) is 0 Å². The molecule has 1 amide bonds. The van der Waals surface area contributed by atoms with E-state index in [9.17, 15) is 9.90 Å². The summed E-state index contributed by atoms with van der Waals surface area (Å²) < 4.78 is 0. The summed E-state index contributed by atoms with van der Waals surface area (Å²) in [4.78, 5) is 15.0. The Balaban J connectivity index is 1.52. The predicted molar refractivity (Wildman–Crippen MR) is 110 cm³/mol. The molecule has 0 aromatic heterocycles. The van der Waals surface area contributed by atoms with Crippen LogP contribution in [0.3, 0.4) is 0 Å². The van der Waals surface area contributed by atoms with E-state index in [4.69, 9.17) is 0 Å². The number of carbonyl (C=O) groups excluding carboxylic acids is 1. The number of hydrogen-bond acceptors (Lipinski definition) is 3. The third-order valence-corrected chi connectivity index (χ3v) is 5.17. The quantitative estimate of drug-likeness (QED) is 0.818. The second kappa shape index (κ2) is 8.57. The van der Waals surface area contributed by atoms with Crippen molar-refractivity contribution in [1.29, 1.82) is 0 Å². The fraction of sp³-hybridized carbons (Fsp3) is 0.435. The van der Waals surface area contributed by atoms with Crippen molar-refractivity contribution < 1.29 is 9.90 Å². The van der Waals surface area contributed by atoms with E-state index in [2.05, 4.69) is 34.5 Å². The van der Waals surface area contributed by atoms with Gasteiger partial charge in [-0.15, -0.1) is 0 Å². The fourth-order valence-electron chi connectivity index (χ4n) is 3.51. The summed E-state index contributed by atoms with van der Waals surface area (Å²) in [6.07, 6.45) is 3.36. The number of aryl methyl sites for hydroxylation is 1. The third kappa shape index (κ3) is 5.83. The van der Waals surface area contributed by atoms with Crippen LogP contribution in [-0.4, -0.2) is 35.7 Å². The lowest BCUT2D eigenvalue weighted by Crippen LogP contribution is -2.44. The highest BCUT2D eigenvalue weighted by molar-refractivity contribution is 5.94. The average molecular weight is 367 g/mol. The van der Waals surface area contributed by atoms with Crippen LogP contribution in [0.5, 0.6) is 0 Å². The molecule has 0 bridgehead atoms. The highest BCUT2D eigenvalue weighted by Gasteiger charge is 2.21. The van der Waals surface area contributed by atoms with Gasteiger partial charge in [-0.2, -0.15) is 0 Å². The largest absolute Gasteiger partial charge is 0.390 e. The lowest BCUT2D eigenvalue weighted by atomic mass is 9.97. The smallest absolute Gasteiger partial charge is 0.251 e. The zero-order valence-corrected chi connectivity index (χ0v) is 16.3. The minimum absolute atomic E-state index is 0.00160. The molecule has 1 aliphatic rings. The zero-order chi connectivity index (χ0) is 19.3. The number of hydrogen-bond donors (Lipinski definition) is 2. The van der Waals surface area contributed by atoms with Crippen molar-refractivity contribution in [3.63, 3.8) is 0 Å². The molecule has 0 radical (unpaired) electrons. The monoisotopic (exact) mass is 366 g/mol. The van der Waals surface area contributed by atoms with Gasteiger partial charge in [-0.05, 0) is 69.4 Å². The third-order valence-electron chi connectivity index (χ3n) is 5.17. The Morgan fingerprint density at radius 1 is 1.11 bits per heavy atom. The van der Waals surface area contributed by atoms with E-state index < -0.39 is 5.60 Å². The molecule has 0 atom stereocenters. The molecule has 1 fully saturated rings. The Bertz CT molecular complexity index is 744. The number of nitrogens with one attached hydrogen (secondary N) is 1. The molecule has 4 heteroatoms. The van der Waals surface area contributed by atoms with E-state index in [-0.39, 0.29) is 11.9 Å². The minimum atomic E-state index is -0.689. The number of para-hydroxylation sites is 1. The molecular weight excluding hydrogens is 336 g/mol. The van der Waals surface area contributed by atoms with Gasteiger partial charge >= 0.3 is 0 Å². The minimum Gasteiger partial charge on any atom is -0.390 e. The highest BCUT2D eigenvalue weighted by atomic mass is 16.3. The molecule has 1 heterocycles. The van der Waals surface area contributed by atoms with Crippen LogP contribution in [0.4, 0.5) is 5.69 Å². The average Bonchev–Trinajstić information content (AvgIpc) is 2.67. The van der Waals surface area contributed by atoms with Gasteiger partial charge in [0.15, 0.2) is 0 Å². The van der Waals surface area contributed by atoms with Gasteiger partial charge in [-0.3, -0.25) is 4.79 Å². The number of aliphatic hydroxyl groups is 1. The lowest BCUT2D eigenvalue weighted by molar-refractivity contribution is 0.0714. The Hall–Kier alpha value is -2.33. The van der Waals surface area contributed by atoms with Crippen molar-refractivity contribution in [1.82, 2.24) is 5.32 Å². The first-order valence-corrected chi connectivity index (χ1v) is 9.83. The predicted octanol–water partition coefficient (Wildman–Crippen LogP) is 3.79. The summed E-state index contributed by atoms with van der Waals surface area (Å²) in [5.41, 5.74) is 2.35. The molecule has 27 heavy (non-hydrogen) atoms. The Kier molecular flexibility index (Phi) is 6.17. The second-order valence-corrected chi connectivity index (χ2v) is 8.08. The molecule has 2 aromatic carbocycles. The van der Waals surface area contributed by atoms with Crippen molar-refractivity contribution in [2.75, 3.05) is 18.0 Å². The SMILES string of the molecule is CC(C)(O)CCc1cccc(C(=O)NC2CCN(c3ccccc3)CC2)c1. The second-order valence-electron chi connectivity index (χ2n) is 8.08. The van der Waals surface area contributed by atoms with Gasteiger partial charge in [0.2, 0.25) is 0 Å². The van der Waals surface area contributed by atoms with Gasteiger partial charge in [0.25, 0.3) is 5.91 Å². The zero-order valence-electron chi connectivity index (χ0n) is 16.3. The molecule has 0 spiro atoms. The number of rotatable bonds is 6. The van der Waals surface area contributed by atoms with Gasteiger partial charge in [0, 0.05) is 30.4 Å². The van der Waals surface area contributed by atoms with E-state index in [0.29, 0.717) is 12.0 Å². The number of benzene rings is 2. The van der Waals surface area contributed by atoms with Crippen LogP contribution in [-0.2, 0) is 6.42 Å². The maximum Gasteiger partial charge on any atom is 0.251 e. The Morgan fingerprint density at radius 2 is 1.81 bits per heavy atom. The first-order chi connectivity index (χ1) is 12.9. The molecule has 0 aliphatic carbocycles. The van der Waals surface area contributed by atoms with Gasteiger partial charge in [-0.1, -0.05) is 30.3 Å². The van der Waals surface area contributed by atoms with Gasteiger partial charge < -0.3 is 15.3 Å². The van der Waals surface area contributed by atoms with Crippen molar-refractivity contribution in [3.05, 3.63) is 65.7 Å². The van der Waals surface area contributed by atoms with Crippen LogP contribution in [0.2, 0.25) is 0 Å². The first-order valence-electron chi connectivity index (χ1n) is 9.83. The number of nitrogens with zero attached hydrogens (tertiary/aromatic N) is 1. The maximum absolute atomic E-state index is 12.6. The normalized spacial score (nSPS) is 15.6. The van der Waals surface area contributed by atoms with Gasteiger partial charge in [0.05, 0.1) is 5.60 Å². The molecule has 1 saturated heterocycles. The standard InChI is InChI=1S/C23H30N2O2/c1-23(2,27)14-11-18-7-6-8-19(17-18)22(26)24-20-12-15-25(16-13-20)21-9-4-3-5-10-21/h3-10,17,20,27H,11-16H2,1-2H3,(H,24,26). The summed E-state index contributed by atoms with van der Waals surface area (Å²) in [5.74, 6) is -0.00160. The van der Waals surface area contributed by atoms with E-state index in [0.717, 1.165) is 37.9 Å². The fourth-order valence-corrected chi connectivity index (χ4v) is 3.51. The molecule has 144 valence electrons. The summed E-state index contributed by atoms with van der Waals surface area (Å²) in [6, 6.07) is 18.4. The summed E-state index contributed by atoms with van der Waals surface area (Å²) >= 11 is 0. The molecule has 2 N–H and O–H groups in total. The topological polar surface area (TPSA) is 52.6 Å². The summed E-state index contributed by atoms with van der Waals surface area (Å²) in [6.45, 7) is 5.54. The van der Waals surface area contributed by atoms with Crippen LogP contribution in [0.1, 0.15) is 49.0 Å². The van der Waals surface area contributed by atoms with Crippen molar-refractivity contribution >= 4 is 11.6 Å². The summed E-state index contributed by atoms with van der Waals surface area (Å²) in [5, 5.41) is 13.1. The lowest BCUT2D eigenvalue weighted by Gasteiger charge is -2.34. The van der Waals surface area contributed by atoms with Crippen molar-refractivity contribution in [2.24, 2.45) is 0 Å². The highest BCUT2D eigenvalue weighted by Crippen LogP contribution is 2.20. The molecular formula is C23H30N2O2. The van der Waals surface area contributed by atoms with E-state index in [1.54, 1.807) is 0 Å². The van der Waals surface area contributed by atoms with Crippen LogP contribution in [0.15, 0.2) is 54.6 Å². The first kappa shape index (κ1) is 19.4. The number of carbonyl (C=O) groups is 1. The molecule has 3 rings (SSSR count). The van der Waals surface area contributed by atoms with Crippen molar-refractivity contribution in [2.45, 2.75) is 51.2 Å². The molecule has 1 aliphatic heterocycles. The van der Waals surface area contributed by atoms with E-state index in [1.165, 1.54) is 5.69 Å². The molecule has 4 nitrogen and oxygen atoms in total. The van der Waals surface area contributed by atoms with E-state index >= 15 is 0 Å². The molecule has 0 unspecified atom stereocenters. The van der Waals surface area contributed by atoms with E-state index in [1.807, 2.05) is 44.2 Å². The number of piperidine rings is 1. The van der Waals surface area contributed by atoms with Crippen LogP contribution in [0.25, 0.3) is 0 Å². The van der Waals surface area contributed by atoms with Crippen molar-refractivity contribution in [3.8, 4) is 0 Å². The molecule has 2 aromatic rings.